The highest BCUT2D eigenvalue weighted by atomic mass is 32.1. The zero-order chi connectivity index (χ0) is 16.4. The number of amides is 1. The number of nitrogens with zero attached hydrogens (tertiary/aromatic N) is 6. The fourth-order valence-electron chi connectivity index (χ4n) is 1.97. The number of hydrogen-bond acceptors (Lipinski definition) is 7. The summed E-state index contributed by atoms with van der Waals surface area (Å²) in [6.07, 6.45) is 0. The fourth-order valence-corrected chi connectivity index (χ4v) is 2.64. The van der Waals surface area contributed by atoms with Crippen LogP contribution in [0, 0.1) is 6.92 Å². The number of rotatable bonds is 5. The van der Waals surface area contributed by atoms with Crippen molar-refractivity contribution < 1.29 is 9.32 Å². The normalized spacial score (nSPS) is 10.9. The van der Waals surface area contributed by atoms with Gasteiger partial charge in [0.25, 0.3) is 0 Å². The highest BCUT2D eigenvalue weighted by Crippen LogP contribution is 2.10. The zero-order valence-corrected chi connectivity index (χ0v) is 13.4. The molecular weight excluding hydrogens is 320 g/mol. The van der Waals surface area contributed by atoms with Crippen LogP contribution in [-0.2, 0) is 17.9 Å². The van der Waals surface area contributed by atoms with E-state index in [4.69, 9.17) is 4.52 Å². The second-order valence-electron chi connectivity index (χ2n) is 4.96. The molecule has 0 aliphatic heterocycles. The number of hydrogen-bond donors (Lipinski definition) is 0. The van der Waals surface area contributed by atoms with Gasteiger partial charge in [-0.25, -0.2) is 4.79 Å². The quantitative estimate of drug-likeness (QED) is 0.671. The first-order chi connectivity index (χ1) is 11.0. The Labute approximate surface area is 134 Å². The van der Waals surface area contributed by atoms with Crippen LogP contribution in [0.3, 0.4) is 0 Å². The summed E-state index contributed by atoms with van der Waals surface area (Å²) in [4.78, 5) is 25.9. The molecule has 3 aromatic rings. The number of tetrazole rings is 1. The zero-order valence-electron chi connectivity index (χ0n) is 12.5. The Morgan fingerprint density at radius 2 is 2.26 bits per heavy atom. The maximum absolute atomic E-state index is 12.2. The Morgan fingerprint density at radius 1 is 1.43 bits per heavy atom. The summed E-state index contributed by atoms with van der Waals surface area (Å²) in [5.41, 5.74) is 0.194. The van der Waals surface area contributed by atoms with Gasteiger partial charge in [-0.1, -0.05) is 5.16 Å². The minimum atomic E-state index is -0.452. The van der Waals surface area contributed by atoms with E-state index in [0.29, 0.717) is 23.0 Å². The van der Waals surface area contributed by atoms with Gasteiger partial charge in [0.15, 0.2) is 0 Å². The third kappa shape index (κ3) is 3.21. The Balaban J connectivity index is 1.69. The molecule has 0 aliphatic carbocycles. The van der Waals surface area contributed by atoms with E-state index in [-0.39, 0.29) is 12.5 Å². The highest BCUT2D eigenvalue weighted by molar-refractivity contribution is 7.12. The van der Waals surface area contributed by atoms with Crippen molar-refractivity contribution in [2.45, 2.75) is 20.0 Å². The molecule has 9 nitrogen and oxygen atoms in total. The van der Waals surface area contributed by atoms with Crippen molar-refractivity contribution in [3.8, 4) is 5.00 Å². The van der Waals surface area contributed by atoms with E-state index in [1.54, 1.807) is 26.1 Å². The molecule has 0 bridgehead atoms. The molecule has 0 fully saturated rings. The molecule has 23 heavy (non-hydrogen) atoms. The van der Waals surface area contributed by atoms with Crippen LogP contribution in [0.5, 0.6) is 0 Å². The molecule has 10 heteroatoms. The van der Waals surface area contributed by atoms with Crippen molar-refractivity contribution >= 4 is 17.2 Å². The third-order valence-corrected chi connectivity index (χ3v) is 3.98. The van der Waals surface area contributed by atoms with Crippen LogP contribution in [0.2, 0.25) is 0 Å². The van der Waals surface area contributed by atoms with Gasteiger partial charge in [-0.05, 0) is 34.9 Å². The van der Waals surface area contributed by atoms with Crippen LogP contribution in [0.1, 0.15) is 11.5 Å². The first-order valence-electron chi connectivity index (χ1n) is 6.77. The maximum atomic E-state index is 12.2. The lowest BCUT2D eigenvalue weighted by molar-refractivity contribution is -0.131. The maximum Gasteiger partial charge on any atom is 0.369 e. The molecule has 3 heterocycles. The molecule has 3 rings (SSSR count). The molecule has 0 unspecified atom stereocenters. The summed E-state index contributed by atoms with van der Waals surface area (Å²) in [7, 11) is 1.63. The summed E-state index contributed by atoms with van der Waals surface area (Å²) in [6, 6.07) is 5.32. The minimum absolute atomic E-state index is 0.183. The first-order valence-corrected chi connectivity index (χ1v) is 7.65. The SMILES string of the molecule is Cc1cc(CN(C)C(=O)Cn2nnn(-c3cccs3)c2=O)no1. The van der Waals surface area contributed by atoms with Crippen molar-refractivity contribution in [2.75, 3.05) is 7.05 Å². The van der Waals surface area contributed by atoms with E-state index in [9.17, 15) is 9.59 Å². The lowest BCUT2D eigenvalue weighted by Crippen LogP contribution is -2.34. The number of carbonyl (C=O) groups is 1. The van der Waals surface area contributed by atoms with E-state index < -0.39 is 5.69 Å². The van der Waals surface area contributed by atoms with Crippen molar-refractivity contribution in [1.29, 1.82) is 0 Å². The van der Waals surface area contributed by atoms with E-state index in [2.05, 4.69) is 15.6 Å². The molecule has 1 amide bonds. The lowest BCUT2D eigenvalue weighted by Gasteiger charge is -2.14. The smallest absolute Gasteiger partial charge is 0.361 e. The van der Waals surface area contributed by atoms with Crippen molar-refractivity contribution in [3.05, 3.63) is 45.5 Å². The van der Waals surface area contributed by atoms with Gasteiger partial charge in [0, 0.05) is 13.1 Å². The van der Waals surface area contributed by atoms with Gasteiger partial charge in [0.1, 0.15) is 23.0 Å². The highest BCUT2D eigenvalue weighted by Gasteiger charge is 2.16. The second kappa shape index (κ2) is 6.16. The van der Waals surface area contributed by atoms with Crippen molar-refractivity contribution in [1.82, 2.24) is 29.8 Å². The van der Waals surface area contributed by atoms with Gasteiger partial charge in [0.05, 0.1) is 6.54 Å². The van der Waals surface area contributed by atoms with E-state index in [0.717, 1.165) is 4.68 Å². The number of aryl methyl sites for hydroxylation is 1. The number of thiophene rings is 1. The number of carbonyl (C=O) groups excluding carboxylic acids is 1. The minimum Gasteiger partial charge on any atom is -0.361 e. The van der Waals surface area contributed by atoms with Gasteiger partial charge < -0.3 is 9.42 Å². The molecule has 0 saturated carbocycles. The van der Waals surface area contributed by atoms with Crippen LogP contribution in [0.25, 0.3) is 5.00 Å². The lowest BCUT2D eigenvalue weighted by atomic mass is 10.3. The van der Waals surface area contributed by atoms with Crippen LogP contribution in [0.4, 0.5) is 0 Å². The number of aromatic nitrogens is 5. The molecular formula is C13H14N6O3S. The standard InChI is InChI=1S/C13H14N6O3S/c1-9-6-10(14-22-9)7-17(2)11(20)8-18-13(21)19(16-15-18)12-4-3-5-23-12/h3-6H,7-8H2,1-2H3. The van der Waals surface area contributed by atoms with Gasteiger partial charge in [0.2, 0.25) is 5.91 Å². The van der Waals surface area contributed by atoms with Gasteiger partial charge >= 0.3 is 5.69 Å². The van der Waals surface area contributed by atoms with Crippen molar-refractivity contribution in [2.24, 2.45) is 0 Å². The average Bonchev–Trinajstić information content (AvgIpc) is 3.23. The van der Waals surface area contributed by atoms with E-state index in [1.165, 1.54) is 20.9 Å². The predicted molar refractivity (Wildman–Crippen MR) is 81.2 cm³/mol. The predicted octanol–water partition coefficient (Wildman–Crippen LogP) is 0.446. The van der Waals surface area contributed by atoms with Crippen LogP contribution in [-0.4, -0.2) is 42.8 Å². The molecule has 0 saturated heterocycles. The van der Waals surface area contributed by atoms with E-state index in [1.807, 2.05) is 11.4 Å². The molecule has 0 aliphatic rings. The van der Waals surface area contributed by atoms with Gasteiger partial charge in [-0.3, -0.25) is 4.79 Å². The van der Waals surface area contributed by atoms with E-state index >= 15 is 0 Å². The Kier molecular flexibility index (Phi) is 4.06. The first kappa shape index (κ1) is 15.2. The van der Waals surface area contributed by atoms with Crippen LogP contribution >= 0.6 is 11.3 Å². The molecule has 0 aromatic carbocycles. The topological polar surface area (TPSA) is 99.1 Å². The summed E-state index contributed by atoms with van der Waals surface area (Å²) in [6.45, 7) is 1.89. The van der Waals surface area contributed by atoms with Gasteiger partial charge in [-0.2, -0.15) is 9.36 Å². The Bertz CT molecular complexity index is 863. The third-order valence-electron chi connectivity index (χ3n) is 3.14. The molecule has 0 spiro atoms. The van der Waals surface area contributed by atoms with Crippen molar-refractivity contribution in [3.63, 3.8) is 0 Å². The summed E-state index contributed by atoms with van der Waals surface area (Å²) in [5, 5.41) is 13.9. The summed E-state index contributed by atoms with van der Waals surface area (Å²) >= 11 is 1.37. The molecule has 0 atom stereocenters. The Hall–Kier alpha value is -2.75. The molecule has 3 aromatic heterocycles. The van der Waals surface area contributed by atoms with Gasteiger partial charge in [-0.15, -0.1) is 11.3 Å². The monoisotopic (exact) mass is 334 g/mol. The second-order valence-corrected chi connectivity index (χ2v) is 5.89. The largest absolute Gasteiger partial charge is 0.369 e. The number of likely N-dealkylation sites (N-methyl/N-ethyl adjacent to an activating group) is 1. The molecule has 0 N–H and O–H groups in total. The van der Waals surface area contributed by atoms with Crippen LogP contribution < -0.4 is 5.69 Å². The molecule has 120 valence electrons. The van der Waals surface area contributed by atoms with Crippen LogP contribution in [0.15, 0.2) is 32.9 Å². The summed E-state index contributed by atoms with van der Waals surface area (Å²) < 4.78 is 7.16. The fraction of sp³-hybridized carbons (Fsp3) is 0.308. The molecule has 0 radical (unpaired) electrons. The Morgan fingerprint density at radius 3 is 2.91 bits per heavy atom. The average molecular weight is 334 g/mol. The summed E-state index contributed by atoms with van der Waals surface area (Å²) in [5.74, 6) is 0.405.